The molecule has 0 aromatic carbocycles. The summed E-state index contributed by atoms with van der Waals surface area (Å²) in [6.07, 6.45) is 3.37. The summed E-state index contributed by atoms with van der Waals surface area (Å²) in [6, 6.07) is 0.130. The predicted octanol–water partition coefficient (Wildman–Crippen LogP) is 1.29. The smallest absolute Gasteiger partial charge is 0.230 e. The maximum Gasteiger partial charge on any atom is 0.230 e. The molecule has 2 aliphatic rings. The van der Waals surface area contributed by atoms with Crippen LogP contribution in [0.2, 0.25) is 0 Å². The van der Waals surface area contributed by atoms with Crippen molar-refractivity contribution in [2.75, 3.05) is 13.2 Å². The Labute approximate surface area is 110 Å². The van der Waals surface area contributed by atoms with Crippen molar-refractivity contribution in [2.24, 2.45) is 23.0 Å². The van der Waals surface area contributed by atoms with E-state index in [0.29, 0.717) is 25.2 Å². The fourth-order valence-electron chi connectivity index (χ4n) is 2.95. The number of carbonyl (C=O) groups excluding carboxylic acids is 1. The summed E-state index contributed by atoms with van der Waals surface area (Å²) in [7, 11) is 0. The van der Waals surface area contributed by atoms with E-state index >= 15 is 0 Å². The normalized spacial score (nSPS) is 44.9. The molecule has 0 bridgehead atoms. The first-order valence-electron chi connectivity index (χ1n) is 7.07. The number of carbonyl (C=O) groups is 1. The highest BCUT2D eigenvalue weighted by Gasteiger charge is 2.45. The molecule has 18 heavy (non-hydrogen) atoms. The molecule has 104 valence electrons. The Morgan fingerprint density at radius 3 is 2.61 bits per heavy atom. The molecule has 4 nitrogen and oxygen atoms in total. The van der Waals surface area contributed by atoms with Gasteiger partial charge in [0, 0.05) is 12.1 Å². The average Bonchev–Trinajstić information content (AvgIpc) is 2.66. The zero-order chi connectivity index (χ0) is 13.3. The van der Waals surface area contributed by atoms with Gasteiger partial charge >= 0.3 is 0 Å². The largest absolute Gasteiger partial charge is 0.379 e. The number of ether oxygens (including phenoxy) is 1. The molecule has 3 N–H and O–H groups in total. The maximum atomic E-state index is 12.4. The van der Waals surface area contributed by atoms with Crippen molar-refractivity contribution in [3.05, 3.63) is 0 Å². The first-order chi connectivity index (χ1) is 8.43. The summed E-state index contributed by atoms with van der Waals surface area (Å²) in [4.78, 5) is 12.4. The summed E-state index contributed by atoms with van der Waals surface area (Å²) < 4.78 is 5.34. The molecule has 1 saturated carbocycles. The van der Waals surface area contributed by atoms with Gasteiger partial charge in [0.25, 0.3) is 0 Å². The van der Waals surface area contributed by atoms with Gasteiger partial charge < -0.3 is 15.8 Å². The van der Waals surface area contributed by atoms with E-state index in [4.69, 9.17) is 10.5 Å². The molecule has 0 radical (unpaired) electrons. The van der Waals surface area contributed by atoms with E-state index < -0.39 is 5.41 Å². The summed E-state index contributed by atoms with van der Waals surface area (Å²) in [5, 5.41) is 3.18. The zero-order valence-electron chi connectivity index (χ0n) is 11.7. The quantitative estimate of drug-likeness (QED) is 0.780. The summed E-state index contributed by atoms with van der Waals surface area (Å²) in [5.74, 6) is 1.52. The Bertz CT molecular complexity index is 321. The van der Waals surface area contributed by atoms with Gasteiger partial charge in [0.2, 0.25) is 5.91 Å². The van der Waals surface area contributed by atoms with Crippen LogP contribution < -0.4 is 11.1 Å². The Morgan fingerprint density at radius 2 is 2.06 bits per heavy atom. The molecule has 2 fully saturated rings. The van der Waals surface area contributed by atoms with Crippen LogP contribution in [0.3, 0.4) is 0 Å². The molecular weight excluding hydrogens is 228 g/mol. The molecule has 1 aliphatic carbocycles. The second kappa shape index (κ2) is 5.17. The minimum atomic E-state index is -0.549. The van der Waals surface area contributed by atoms with Gasteiger partial charge in [0.15, 0.2) is 0 Å². The fraction of sp³-hybridized carbons (Fsp3) is 0.929. The molecule has 5 atom stereocenters. The first kappa shape index (κ1) is 13.8. The highest BCUT2D eigenvalue weighted by Crippen LogP contribution is 2.31. The summed E-state index contributed by atoms with van der Waals surface area (Å²) in [5.41, 5.74) is 5.43. The number of hydrogen-bond acceptors (Lipinski definition) is 3. The number of nitrogens with one attached hydrogen (secondary N) is 1. The molecule has 0 spiro atoms. The minimum Gasteiger partial charge on any atom is -0.379 e. The van der Waals surface area contributed by atoms with Crippen molar-refractivity contribution in [2.45, 2.75) is 52.1 Å². The molecule has 4 heteroatoms. The first-order valence-corrected chi connectivity index (χ1v) is 7.07. The average molecular weight is 254 g/mol. The second-order valence-electron chi connectivity index (χ2n) is 6.48. The highest BCUT2D eigenvalue weighted by atomic mass is 16.5. The van der Waals surface area contributed by atoms with Gasteiger partial charge in [-0.3, -0.25) is 4.79 Å². The Morgan fingerprint density at radius 1 is 1.33 bits per heavy atom. The Hall–Kier alpha value is -0.610. The number of nitrogens with two attached hydrogens (primary N) is 1. The SMILES string of the molecule is CC1CCC(NC(=O)C2(C)COCC2N)CC1C. The van der Waals surface area contributed by atoms with Crippen LogP contribution in [0.1, 0.15) is 40.0 Å². The third-order valence-electron chi connectivity index (χ3n) is 4.97. The molecule has 5 unspecified atom stereocenters. The van der Waals surface area contributed by atoms with Gasteiger partial charge in [-0.2, -0.15) is 0 Å². The van der Waals surface area contributed by atoms with E-state index in [1.807, 2.05) is 6.92 Å². The predicted molar refractivity (Wildman–Crippen MR) is 71.0 cm³/mol. The summed E-state index contributed by atoms with van der Waals surface area (Å²) in [6.45, 7) is 7.41. The van der Waals surface area contributed by atoms with Crippen LogP contribution in [0, 0.1) is 17.3 Å². The van der Waals surface area contributed by atoms with Gasteiger partial charge in [-0.15, -0.1) is 0 Å². The van der Waals surface area contributed by atoms with Crippen molar-refractivity contribution in [1.82, 2.24) is 5.32 Å². The van der Waals surface area contributed by atoms with Crippen LogP contribution in [-0.2, 0) is 9.53 Å². The second-order valence-corrected chi connectivity index (χ2v) is 6.48. The molecule has 1 amide bonds. The van der Waals surface area contributed by atoms with Crippen molar-refractivity contribution in [1.29, 1.82) is 0 Å². The van der Waals surface area contributed by atoms with Gasteiger partial charge in [0.1, 0.15) is 0 Å². The van der Waals surface area contributed by atoms with Crippen molar-refractivity contribution in [3.63, 3.8) is 0 Å². The van der Waals surface area contributed by atoms with Crippen LogP contribution in [-0.4, -0.2) is 31.2 Å². The van der Waals surface area contributed by atoms with E-state index in [9.17, 15) is 4.79 Å². The van der Waals surface area contributed by atoms with Gasteiger partial charge in [-0.25, -0.2) is 0 Å². The van der Waals surface area contributed by atoms with Crippen LogP contribution in [0.25, 0.3) is 0 Å². The van der Waals surface area contributed by atoms with E-state index in [0.717, 1.165) is 18.8 Å². The van der Waals surface area contributed by atoms with Crippen LogP contribution in [0.15, 0.2) is 0 Å². The molecule has 1 aliphatic heterocycles. The lowest BCUT2D eigenvalue weighted by molar-refractivity contribution is -0.131. The van der Waals surface area contributed by atoms with Gasteiger partial charge in [-0.1, -0.05) is 13.8 Å². The van der Waals surface area contributed by atoms with Crippen molar-refractivity contribution in [3.8, 4) is 0 Å². The molecule has 1 heterocycles. The van der Waals surface area contributed by atoms with Gasteiger partial charge in [0.05, 0.1) is 18.6 Å². The monoisotopic (exact) mass is 254 g/mol. The maximum absolute atomic E-state index is 12.4. The third kappa shape index (κ3) is 2.54. The van der Waals surface area contributed by atoms with E-state index in [1.54, 1.807) is 0 Å². The topological polar surface area (TPSA) is 64.3 Å². The highest BCUT2D eigenvalue weighted by molar-refractivity contribution is 5.83. The third-order valence-corrected chi connectivity index (χ3v) is 4.97. The molecule has 0 aromatic rings. The molecule has 1 saturated heterocycles. The minimum absolute atomic E-state index is 0.0688. The van der Waals surface area contributed by atoms with E-state index in [1.165, 1.54) is 6.42 Å². The van der Waals surface area contributed by atoms with Crippen molar-refractivity contribution >= 4 is 5.91 Å². The lowest BCUT2D eigenvalue weighted by atomic mass is 9.78. The van der Waals surface area contributed by atoms with Crippen LogP contribution >= 0.6 is 0 Å². The lowest BCUT2D eigenvalue weighted by Gasteiger charge is -2.35. The molecular formula is C14H26N2O2. The number of amides is 1. The Kier molecular flexibility index (Phi) is 3.97. The standard InChI is InChI=1S/C14H26N2O2/c1-9-4-5-11(6-10(9)2)16-13(17)14(3)8-18-7-12(14)15/h9-12H,4-8,15H2,1-3H3,(H,16,17). The fourth-order valence-corrected chi connectivity index (χ4v) is 2.95. The molecule has 2 rings (SSSR count). The van der Waals surface area contributed by atoms with E-state index in [2.05, 4.69) is 19.2 Å². The molecule has 0 aromatic heterocycles. The van der Waals surface area contributed by atoms with Crippen LogP contribution in [0.5, 0.6) is 0 Å². The van der Waals surface area contributed by atoms with Crippen LogP contribution in [0.4, 0.5) is 0 Å². The lowest BCUT2D eigenvalue weighted by Crippen LogP contribution is -2.53. The Balaban J connectivity index is 1.92. The van der Waals surface area contributed by atoms with Crippen molar-refractivity contribution < 1.29 is 9.53 Å². The van der Waals surface area contributed by atoms with E-state index in [-0.39, 0.29) is 11.9 Å². The number of rotatable bonds is 2. The zero-order valence-corrected chi connectivity index (χ0v) is 11.7. The number of hydrogen-bond donors (Lipinski definition) is 2. The summed E-state index contributed by atoms with van der Waals surface area (Å²) >= 11 is 0. The van der Waals surface area contributed by atoms with Gasteiger partial charge in [-0.05, 0) is 38.0 Å².